The van der Waals surface area contributed by atoms with Crippen molar-refractivity contribution >= 4 is 11.7 Å². The number of amides is 1. The molecule has 0 aliphatic heterocycles. The molecular formula is C10H13N5O2. The molecule has 2 aromatic rings. The zero-order valence-electron chi connectivity index (χ0n) is 9.67. The minimum Gasteiger partial charge on any atom is -0.274 e. The van der Waals surface area contributed by atoms with Gasteiger partial charge in [-0.1, -0.05) is 6.92 Å². The van der Waals surface area contributed by atoms with E-state index in [1.165, 1.54) is 12.5 Å². The monoisotopic (exact) mass is 235 g/mol. The average Bonchev–Trinajstić information content (AvgIpc) is 2.82. The van der Waals surface area contributed by atoms with Gasteiger partial charge in [-0.15, -0.1) is 0 Å². The number of hydrogen-bond donors (Lipinski definition) is 1. The predicted octanol–water partition coefficient (Wildman–Crippen LogP) is 0.368. The van der Waals surface area contributed by atoms with Crippen molar-refractivity contribution in [2.24, 2.45) is 0 Å². The second-order valence-electron chi connectivity index (χ2n) is 3.31. The zero-order chi connectivity index (χ0) is 12.3. The Morgan fingerprint density at radius 1 is 1.47 bits per heavy atom. The number of fused-ring (bicyclic) bond motifs is 1. The maximum atomic E-state index is 11.8. The predicted molar refractivity (Wildman–Crippen MR) is 59.3 cm³/mol. The minimum absolute atomic E-state index is 0.325. The van der Waals surface area contributed by atoms with E-state index in [1.807, 2.05) is 6.92 Å². The summed E-state index contributed by atoms with van der Waals surface area (Å²) in [4.78, 5) is 24.7. The molecule has 0 radical (unpaired) electrons. The molecule has 1 N–H and O–H groups in total. The Kier molecular flexibility index (Phi) is 3.29. The van der Waals surface area contributed by atoms with Crippen LogP contribution >= 0.6 is 0 Å². The van der Waals surface area contributed by atoms with Gasteiger partial charge in [0.15, 0.2) is 0 Å². The highest BCUT2D eigenvalue weighted by Crippen LogP contribution is 2.09. The molecule has 0 unspecified atom stereocenters. The molecule has 0 aromatic carbocycles. The van der Waals surface area contributed by atoms with Crippen molar-refractivity contribution in [2.75, 3.05) is 6.61 Å². The van der Waals surface area contributed by atoms with E-state index in [4.69, 9.17) is 4.84 Å². The van der Waals surface area contributed by atoms with Crippen LogP contribution in [0.4, 0.5) is 0 Å². The summed E-state index contributed by atoms with van der Waals surface area (Å²) in [6, 6.07) is 0. The highest BCUT2D eigenvalue weighted by atomic mass is 16.6. The molecule has 90 valence electrons. The van der Waals surface area contributed by atoms with Gasteiger partial charge in [0.2, 0.25) is 0 Å². The third-order valence-corrected chi connectivity index (χ3v) is 2.29. The van der Waals surface area contributed by atoms with Crippen LogP contribution in [-0.2, 0) is 11.3 Å². The van der Waals surface area contributed by atoms with E-state index in [1.54, 1.807) is 11.4 Å². The molecule has 7 nitrogen and oxygen atoms in total. The number of hydroxylamine groups is 1. The summed E-state index contributed by atoms with van der Waals surface area (Å²) >= 11 is 0. The van der Waals surface area contributed by atoms with Crippen LogP contribution in [0.2, 0.25) is 0 Å². The molecule has 1 amide bonds. The van der Waals surface area contributed by atoms with Crippen LogP contribution in [0.25, 0.3) is 5.78 Å². The molecule has 0 aliphatic carbocycles. The van der Waals surface area contributed by atoms with Gasteiger partial charge in [0.05, 0.1) is 17.9 Å². The van der Waals surface area contributed by atoms with E-state index >= 15 is 0 Å². The standard InChI is InChI=1S/C10H13N5O2/c1-3-8-7(9(16)14-17-4-2)5-11-10-12-6-13-15(8)10/h5-6H,3-4H2,1-2H3,(H,14,16). The molecule has 2 heterocycles. The van der Waals surface area contributed by atoms with Crippen LogP contribution < -0.4 is 5.48 Å². The molecule has 0 fully saturated rings. The van der Waals surface area contributed by atoms with Crippen molar-refractivity contribution in [3.8, 4) is 0 Å². The second kappa shape index (κ2) is 4.88. The first kappa shape index (κ1) is 11.5. The Balaban J connectivity index is 2.42. The molecule has 17 heavy (non-hydrogen) atoms. The Labute approximate surface area is 97.8 Å². The minimum atomic E-state index is -0.325. The summed E-state index contributed by atoms with van der Waals surface area (Å²) in [5.74, 6) is 0.156. The topological polar surface area (TPSA) is 81.4 Å². The van der Waals surface area contributed by atoms with Gasteiger partial charge in [-0.25, -0.2) is 15.0 Å². The molecule has 0 saturated heterocycles. The fourth-order valence-corrected chi connectivity index (χ4v) is 1.55. The molecule has 0 atom stereocenters. The van der Waals surface area contributed by atoms with Gasteiger partial charge >= 0.3 is 0 Å². The van der Waals surface area contributed by atoms with Crippen molar-refractivity contribution in [1.82, 2.24) is 25.1 Å². The number of nitrogens with zero attached hydrogens (tertiary/aromatic N) is 4. The summed E-state index contributed by atoms with van der Waals surface area (Å²) in [7, 11) is 0. The van der Waals surface area contributed by atoms with Gasteiger partial charge in [0.25, 0.3) is 11.7 Å². The summed E-state index contributed by atoms with van der Waals surface area (Å²) in [5, 5.41) is 4.04. The molecule has 0 aliphatic rings. The van der Waals surface area contributed by atoms with Crippen LogP contribution in [0.1, 0.15) is 29.9 Å². The van der Waals surface area contributed by atoms with Crippen molar-refractivity contribution in [2.45, 2.75) is 20.3 Å². The number of aryl methyl sites for hydroxylation is 1. The van der Waals surface area contributed by atoms with Crippen LogP contribution in [0.15, 0.2) is 12.5 Å². The van der Waals surface area contributed by atoms with E-state index < -0.39 is 0 Å². The number of aromatic nitrogens is 4. The molecule has 0 saturated carbocycles. The third kappa shape index (κ3) is 2.09. The van der Waals surface area contributed by atoms with Crippen molar-refractivity contribution in [3.05, 3.63) is 23.8 Å². The first-order valence-corrected chi connectivity index (χ1v) is 5.37. The summed E-state index contributed by atoms with van der Waals surface area (Å²) in [6.45, 7) is 4.14. The van der Waals surface area contributed by atoms with Crippen molar-refractivity contribution in [1.29, 1.82) is 0 Å². The number of carbonyl (C=O) groups is 1. The summed E-state index contributed by atoms with van der Waals surface area (Å²) in [5.41, 5.74) is 3.54. The normalized spacial score (nSPS) is 10.7. The largest absolute Gasteiger partial charge is 0.278 e. The van der Waals surface area contributed by atoms with Gasteiger partial charge in [-0.05, 0) is 13.3 Å². The zero-order valence-corrected chi connectivity index (χ0v) is 9.67. The third-order valence-electron chi connectivity index (χ3n) is 2.29. The highest BCUT2D eigenvalue weighted by molar-refractivity contribution is 5.94. The van der Waals surface area contributed by atoms with E-state index in [0.29, 0.717) is 24.4 Å². The van der Waals surface area contributed by atoms with Crippen molar-refractivity contribution < 1.29 is 9.63 Å². The van der Waals surface area contributed by atoms with E-state index in [2.05, 4.69) is 20.5 Å². The summed E-state index contributed by atoms with van der Waals surface area (Å²) in [6.07, 6.45) is 3.54. The lowest BCUT2D eigenvalue weighted by Gasteiger charge is -2.08. The van der Waals surface area contributed by atoms with Crippen LogP contribution in [0.5, 0.6) is 0 Å². The van der Waals surface area contributed by atoms with Gasteiger partial charge in [-0.2, -0.15) is 10.1 Å². The highest BCUT2D eigenvalue weighted by Gasteiger charge is 2.15. The molecule has 0 bridgehead atoms. The van der Waals surface area contributed by atoms with Gasteiger partial charge < -0.3 is 0 Å². The number of rotatable bonds is 4. The molecule has 2 aromatic heterocycles. The molecule has 7 heteroatoms. The van der Waals surface area contributed by atoms with Crippen molar-refractivity contribution in [3.63, 3.8) is 0 Å². The first-order valence-electron chi connectivity index (χ1n) is 5.37. The maximum Gasteiger partial charge on any atom is 0.278 e. The average molecular weight is 235 g/mol. The Bertz CT molecular complexity index is 536. The summed E-state index contributed by atoms with van der Waals surface area (Å²) < 4.78 is 1.56. The Morgan fingerprint density at radius 3 is 3.00 bits per heavy atom. The fraction of sp³-hybridized carbons (Fsp3) is 0.400. The van der Waals surface area contributed by atoms with Gasteiger partial charge in [0, 0.05) is 6.20 Å². The van der Waals surface area contributed by atoms with Crippen LogP contribution in [0, 0.1) is 0 Å². The van der Waals surface area contributed by atoms with E-state index in [-0.39, 0.29) is 5.91 Å². The Hall–Kier alpha value is -2.02. The number of nitrogens with one attached hydrogen (secondary N) is 1. The maximum absolute atomic E-state index is 11.8. The molecule has 2 rings (SSSR count). The fourth-order valence-electron chi connectivity index (χ4n) is 1.55. The van der Waals surface area contributed by atoms with Crippen LogP contribution in [0.3, 0.4) is 0 Å². The number of hydrogen-bond acceptors (Lipinski definition) is 5. The Morgan fingerprint density at radius 2 is 2.29 bits per heavy atom. The van der Waals surface area contributed by atoms with E-state index in [9.17, 15) is 4.79 Å². The van der Waals surface area contributed by atoms with E-state index in [0.717, 1.165) is 5.69 Å². The molecule has 0 spiro atoms. The smallest absolute Gasteiger partial charge is 0.274 e. The van der Waals surface area contributed by atoms with Crippen LogP contribution in [-0.4, -0.2) is 32.1 Å². The number of carbonyl (C=O) groups excluding carboxylic acids is 1. The second-order valence-corrected chi connectivity index (χ2v) is 3.31. The van der Waals surface area contributed by atoms with Gasteiger partial charge in [0.1, 0.15) is 6.33 Å². The lowest BCUT2D eigenvalue weighted by molar-refractivity contribution is 0.0362. The lowest BCUT2D eigenvalue weighted by Crippen LogP contribution is -2.26. The first-order chi connectivity index (χ1) is 8.27. The SMILES string of the molecule is CCONC(=O)c1cnc2ncnn2c1CC. The van der Waals surface area contributed by atoms with Gasteiger partial charge in [-0.3, -0.25) is 9.63 Å². The molecular weight excluding hydrogens is 222 g/mol. The lowest BCUT2D eigenvalue weighted by atomic mass is 10.2. The quantitative estimate of drug-likeness (QED) is 0.774.